The van der Waals surface area contributed by atoms with Crippen LogP contribution in [0.4, 0.5) is 11.4 Å². The van der Waals surface area contributed by atoms with E-state index >= 15 is 0 Å². The van der Waals surface area contributed by atoms with Crippen LogP contribution in [0.15, 0.2) is 48.8 Å². The normalized spacial score (nSPS) is 10.0. The van der Waals surface area contributed by atoms with Crippen molar-refractivity contribution in [3.8, 4) is 0 Å². The van der Waals surface area contributed by atoms with E-state index in [4.69, 9.17) is 5.73 Å². The number of hydrogen-bond acceptors (Lipinski definition) is 3. The average Bonchev–Trinajstić information content (AvgIpc) is 2.40. The molecule has 0 fully saturated rings. The molecule has 0 saturated heterocycles. The van der Waals surface area contributed by atoms with Crippen molar-refractivity contribution in [1.82, 2.24) is 4.98 Å². The molecule has 0 saturated carbocycles. The Morgan fingerprint density at radius 1 is 1.22 bits per heavy atom. The molecule has 1 aromatic carbocycles. The van der Waals surface area contributed by atoms with E-state index in [0.717, 1.165) is 11.3 Å². The Morgan fingerprint density at radius 2 is 2.00 bits per heavy atom. The summed E-state index contributed by atoms with van der Waals surface area (Å²) < 4.78 is 0. The summed E-state index contributed by atoms with van der Waals surface area (Å²) in [4.78, 5) is 15.7. The highest BCUT2D eigenvalue weighted by molar-refractivity contribution is 5.90. The van der Waals surface area contributed by atoms with E-state index in [2.05, 4.69) is 10.3 Å². The first-order chi connectivity index (χ1) is 8.74. The molecule has 4 nitrogen and oxygen atoms in total. The van der Waals surface area contributed by atoms with Crippen LogP contribution in [0.25, 0.3) is 0 Å². The lowest BCUT2D eigenvalue weighted by Crippen LogP contribution is -2.12. The zero-order chi connectivity index (χ0) is 12.8. The maximum Gasteiger partial charge on any atom is 0.224 e. The summed E-state index contributed by atoms with van der Waals surface area (Å²) >= 11 is 0. The van der Waals surface area contributed by atoms with Crippen LogP contribution >= 0.6 is 0 Å². The van der Waals surface area contributed by atoms with Crippen molar-refractivity contribution >= 4 is 17.3 Å². The number of pyridine rings is 1. The van der Waals surface area contributed by atoms with Gasteiger partial charge in [0.15, 0.2) is 0 Å². The number of nitrogen functional groups attached to an aromatic ring is 1. The summed E-state index contributed by atoms with van der Waals surface area (Å²) in [6.45, 7) is 0. The summed E-state index contributed by atoms with van der Waals surface area (Å²) in [5.41, 5.74) is 8.08. The van der Waals surface area contributed by atoms with E-state index in [1.165, 1.54) is 0 Å². The molecule has 0 aliphatic carbocycles. The molecular weight excluding hydrogens is 226 g/mol. The Morgan fingerprint density at radius 3 is 2.67 bits per heavy atom. The largest absolute Gasteiger partial charge is 0.399 e. The predicted octanol–water partition coefficient (Wildman–Crippen LogP) is 2.24. The molecule has 3 N–H and O–H groups in total. The van der Waals surface area contributed by atoms with Crippen molar-refractivity contribution in [3.05, 3.63) is 54.4 Å². The quantitative estimate of drug-likeness (QED) is 0.806. The van der Waals surface area contributed by atoms with E-state index in [0.29, 0.717) is 18.5 Å². The highest BCUT2D eigenvalue weighted by Gasteiger charge is 2.03. The van der Waals surface area contributed by atoms with Crippen molar-refractivity contribution in [2.75, 3.05) is 11.1 Å². The third-order valence-electron chi connectivity index (χ3n) is 2.56. The second-order valence-corrected chi connectivity index (χ2v) is 4.03. The molecule has 1 amide bonds. The van der Waals surface area contributed by atoms with Crippen molar-refractivity contribution in [1.29, 1.82) is 0 Å². The molecule has 0 unspecified atom stereocenters. The molecule has 0 aliphatic heterocycles. The van der Waals surface area contributed by atoms with Gasteiger partial charge >= 0.3 is 0 Å². The van der Waals surface area contributed by atoms with E-state index < -0.39 is 0 Å². The van der Waals surface area contributed by atoms with Gasteiger partial charge < -0.3 is 11.1 Å². The lowest BCUT2D eigenvalue weighted by molar-refractivity contribution is -0.116. The van der Waals surface area contributed by atoms with Gasteiger partial charge in [-0.25, -0.2) is 0 Å². The molecule has 18 heavy (non-hydrogen) atoms. The van der Waals surface area contributed by atoms with Gasteiger partial charge in [-0.1, -0.05) is 6.07 Å². The van der Waals surface area contributed by atoms with Gasteiger partial charge in [-0.3, -0.25) is 9.78 Å². The number of benzene rings is 1. The van der Waals surface area contributed by atoms with Crippen LogP contribution in [0.1, 0.15) is 12.0 Å². The fourth-order valence-corrected chi connectivity index (χ4v) is 1.59. The smallest absolute Gasteiger partial charge is 0.224 e. The van der Waals surface area contributed by atoms with Gasteiger partial charge in [0.25, 0.3) is 0 Å². The molecule has 2 rings (SSSR count). The number of rotatable bonds is 4. The van der Waals surface area contributed by atoms with Crippen molar-refractivity contribution in [3.63, 3.8) is 0 Å². The Labute approximate surface area is 106 Å². The summed E-state index contributed by atoms with van der Waals surface area (Å²) in [5.74, 6) is -0.0105. The molecule has 0 radical (unpaired) electrons. The van der Waals surface area contributed by atoms with Gasteiger partial charge in [-0.15, -0.1) is 0 Å². The lowest BCUT2D eigenvalue weighted by atomic mass is 10.1. The first-order valence-corrected chi connectivity index (χ1v) is 5.78. The standard InChI is InChI=1S/C14H15N3O/c15-12-4-6-13(7-5-12)17-14(18)8-3-11-2-1-9-16-10-11/h1-2,4-7,9-10H,3,8,15H2,(H,17,18). The number of carbonyl (C=O) groups is 1. The maximum absolute atomic E-state index is 11.7. The second-order valence-electron chi connectivity index (χ2n) is 4.03. The Kier molecular flexibility index (Phi) is 3.91. The number of nitrogens with zero attached hydrogens (tertiary/aromatic N) is 1. The highest BCUT2D eigenvalue weighted by Crippen LogP contribution is 2.11. The second kappa shape index (κ2) is 5.82. The van der Waals surface area contributed by atoms with Gasteiger partial charge in [-0.2, -0.15) is 0 Å². The number of amides is 1. The third-order valence-corrected chi connectivity index (χ3v) is 2.56. The van der Waals surface area contributed by atoms with Crippen molar-refractivity contribution < 1.29 is 4.79 Å². The van der Waals surface area contributed by atoms with Crippen LogP contribution < -0.4 is 11.1 Å². The molecule has 0 atom stereocenters. The fourth-order valence-electron chi connectivity index (χ4n) is 1.59. The SMILES string of the molecule is Nc1ccc(NC(=O)CCc2cccnc2)cc1. The summed E-state index contributed by atoms with van der Waals surface area (Å²) in [5, 5.41) is 2.82. The van der Waals surface area contributed by atoms with E-state index in [-0.39, 0.29) is 5.91 Å². The molecular formula is C14H15N3O. The van der Waals surface area contributed by atoms with Gasteiger partial charge in [0.2, 0.25) is 5.91 Å². The molecule has 1 heterocycles. The fraction of sp³-hybridized carbons (Fsp3) is 0.143. The van der Waals surface area contributed by atoms with Crippen LogP contribution in [-0.2, 0) is 11.2 Å². The average molecular weight is 241 g/mol. The predicted molar refractivity (Wildman–Crippen MR) is 72.0 cm³/mol. The molecule has 92 valence electrons. The minimum absolute atomic E-state index is 0.0105. The van der Waals surface area contributed by atoms with Gasteiger partial charge in [-0.05, 0) is 42.3 Å². The molecule has 1 aromatic heterocycles. The first-order valence-electron chi connectivity index (χ1n) is 5.78. The topological polar surface area (TPSA) is 68.0 Å². The van der Waals surface area contributed by atoms with Gasteiger partial charge in [0.05, 0.1) is 0 Å². The molecule has 0 aliphatic rings. The number of aryl methyl sites for hydroxylation is 1. The van der Waals surface area contributed by atoms with E-state index in [9.17, 15) is 4.79 Å². The number of anilines is 2. The highest BCUT2D eigenvalue weighted by atomic mass is 16.1. The van der Waals surface area contributed by atoms with E-state index in [1.54, 1.807) is 36.7 Å². The Hall–Kier alpha value is -2.36. The number of aromatic nitrogens is 1. The first kappa shape index (κ1) is 12.1. The molecule has 2 aromatic rings. The number of hydrogen-bond donors (Lipinski definition) is 2. The minimum atomic E-state index is -0.0105. The lowest BCUT2D eigenvalue weighted by Gasteiger charge is -2.05. The van der Waals surface area contributed by atoms with Crippen LogP contribution in [0.2, 0.25) is 0 Å². The van der Waals surface area contributed by atoms with Crippen LogP contribution in [0.5, 0.6) is 0 Å². The summed E-state index contributed by atoms with van der Waals surface area (Å²) in [6.07, 6.45) is 4.62. The van der Waals surface area contributed by atoms with Gasteiger partial charge in [0, 0.05) is 30.2 Å². The van der Waals surface area contributed by atoms with Crippen molar-refractivity contribution in [2.24, 2.45) is 0 Å². The van der Waals surface area contributed by atoms with Crippen LogP contribution in [0.3, 0.4) is 0 Å². The minimum Gasteiger partial charge on any atom is -0.399 e. The Bertz CT molecular complexity index is 508. The van der Waals surface area contributed by atoms with Crippen LogP contribution in [-0.4, -0.2) is 10.9 Å². The van der Waals surface area contributed by atoms with E-state index in [1.807, 2.05) is 12.1 Å². The molecule has 4 heteroatoms. The summed E-state index contributed by atoms with van der Waals surface area (Å²) in [6, 6.07) is 10.9. The zero-order valence-corrected chi connectivity index (χ0v) is 9.97. The number of nitrogens with one attached hydrogen (secondary N) is 1. The summed E-state index contributed by atoms with van der Waals surface area (Å²) in [7, 11) is 0. The monoisotopic (exact) mass is 241 g/mol. The molecule has 0 bridgehead atoms. The van der Waals surface area contributed by atoms with Crippen molar-refractivity contribution in [2.45, 2.75) is 12.8 Å². The number of carbonyl (C=O) groups excluding carboxylic acids is 1. The number of nitrogens with two attached hydrogens (primary N) is 1. The third kappa shape index (κ3) is 3.59. The maximum atomic E-state index is 11.7. The van der Waals surface area contributed by atoms with Gasteiger partial charge in [0.1, 0.15) is 0 Å². The molecule has 0 spiro atoms. The van der Waals surface area contributed by atoms with Crippen LogP contribution in [0, 0.1) is 0 Å². The Balaban J connectivity index is 1.84. The zero-order valence-electron chi connectivity index (χ0n) is 9.97.